The van der Waals surface area contributed by atoms with Gasteiger partial charge in [0.05, 0.1) is 16.8 Å². The van der Waals surface area contributed by atoms with Crippen molar-refractivity contribution in [3.8, 4) is 0 Å². The van der Waals surface area contributed by atoms with Crippen molar-refractivity contribution in [2.75, 3.05) is 0 Å². The molecule has 1 aromatic heterocycles. The average Bonchev–Trinajstić information content (AvgIpc) is 2.76. The van der Waals surface area contributed by atoms with Crippen LogP contribution >= 0.6 is 11.6 Å². The van der Waals surface area contributed by atoms with Gasteiger partial charge in [-0.15, -0.1) is 0 Å². The van der Waals surface area contributed by atoms with Crippen LogP contribution in [0.4, 0.5) is 0 Å². The Morgan fingerprint density at radius 3 is 2.86 bits per heavy atom. The lowest BCUT2D eigenvalue weighted by atomic mass is 9.79. The van der Waals surface area contributed by atoms with Crippen molar-refractivity contribution in [2.45, 2.75) is 26.2 Å². The third-order valence-corrected chi connectivity index (χ3v) is 4.65. The van der Waals surface area contributed by atoms with Crippen LogP contribution < -0.4 is 5.43 Å². The summed E-state index contributed by atoms with van der Waals surface area (Å²) in [4.78, 5) is 27.0. The van der Waals surface area contributed by atoms with E-state index in [1.54, 1.807) is 19.1 Å². The van der Waals surface area contributed by atoms with Gasteiger partial charge in [0.15, 0.2) is 5.43 Å². The molecular formula is C17H16ClNO3. The maximum Gasteiger partial charge on any atom is 0.310 e. The number of fused-ring (bicyclic) bond motifs is 3. The maximum atomic E-state index is 12.4. The quantitative estimate of drug-likeness (QED) is 0.833. The SMILES string of the molecule is CC(C(=O)O)C1=CCc2[nH]c3cc(Cl)ccc(=O)c3c2C1C. The number of hydrogen-bond donors (Lipinski definition) is 2. The highest BCUT2D eigenvalue weighted by molar-refractivity contribution is 6.31. The van der Waals surface area contributed by atoms with Gasteiger partial charge < -0.3 is 10.1 Å². The molecule has 22 heavy (non-hydrogen) atoms. The molecule has 0 saturated carbocycles. The molecule has 1 aromatic carbocycles. The molecule has 2 aromatic rings. The summed E-state index contributed by atoms with van der Waals surface area (Å²) < 4.78 is 0. The molecule has 0 amide bonds. The first-order valence-corrected chi connectivity index (χ1v) is 7.55. The van der Waals surface area contributed by atoms with Crippen molar-refractivity contribution in [1.82, 2.24) is 4.98 Å². The van der Waals surface area contributed by atoms with Gasteiger partial charge in [0.1, 0.15) is 0 Å². The zero-order chi connectivity index (χ0) is 16.0. The number of allylic oxidation sites excluding steroid dienone is 1. The molecule has 5 heteroatoms. The highest BCUT2D eigenvalue weighted by Crippen LogP contribution is 2.39. The van der Waals surface area contributed by atoms with E-state index in [9.17, 15) is 14.7 Å². The lowest BCUT2D eigenvalue weighted by molar-refractivity contribution is -0.139. The monoisotopic (exact) mass is 317 g/mol. The molecule has 0 radical (unpaired) electrons. The molecule has 0 spiro atoms. The predicted octanol–water partition coefficient (Wildman–Crippen LogP) is 3.49. The molecule has 1 aliphatic carbocycles. The van der Waals surface area contributed by atoms with Gasteiger partial charge in [-0.1, -0.05) is 30.2 Å². The zero-order valence-electron chi connectivity index (χ0n) is 12.3. The Bertz CT molecular complexity index is 866. The first kappa shape index (κ1) is 14.9. The minimum absolute atomic E-state index is 0.101. The molecular weight excluding hydrogens is 302 g/mol. The third kappa shape index (κ3) is 2.24. The van der Waals surface area contributed by atoms with Crippen molar-refractivity contribution in [3.05, 3.63) is 56.4 Å². The lowest BCUT2D eigenvalue weighted by Gasteiger charge is -2.24. The number of rotatable bonds is 2. The van der Waals surface area contributed by atoms with Crippen LogP contribution in [0.3, 0.4) is 0 Å². The van der Waals surface area contributed by atoms with Gasteiger partial charge in [0, 0.05) is 23.1 Å². The van der Waals surface area contributed by atoms with E-state index in [-0.39, 0.29) is 11.3 Å². The molecule has 0 fully saturated rings. The summed E-state index contributed by atoms with van der Waals surface area (Å²) >= 11 is 6.05. The number of nitrogens with one attached hydrogen (secondary N) is 1. The molecule has 3 rings (SSSR count). The number of aliphatic carboxylic acids is 1. The summed E-state index contributed by atoms with van der Waals surface area (Å²) in [7, 11) is 0. The summed E-state index contributed by atoms with van der Waals surface area (Å²) in [6.45, 7) is 3.63. The summed E-state index contributed by atoms with van der Waals surface area (Å²) in [5, 5.41) is 10.4. The summed E-state index contributed by atoms with van der Waals surface area (Å²) in [5.41, 5.74) is 3.31. The molecule has 114 valence electrons. The molecule has 2 N–H and O–H groups in total. The predicted molar refractivity (Wildman–Crippen MR) is 86.6 cm³/mol. The van der Waals surface area contributed by atoms with Crippen molar-refractivity contribution in [1.29, 1.82) is 0 Å². The first-order valence-electron chi connectivity index (χ1n) is 7.17. The number of carbonyl (C=O) groups is 1. The summed E-state index contributed by atoms with van der Waals surface area (Å²) in [6, 6.07) is 4.78. The Morgan fingerprint density at radius 1 is 1.45 bits per heavy atom. The van der Waals surface area contributed by atoms with Crippen molar-refractivity contribution >= 4 is 28.5 Å². The second-order valence-corrected chi connectivity index (χ2v) is 6.16. The van der Waals surface area contributed by atoms with Crippen LogP contribution in [0.15, 0.2) is 34.6 Å². The van der Waals surface area contributed by atoms with Gasteiger partial charge in [-0.05, 0) is 30.7 Å². The van der Waals surface area contributed by atoms with E-state index in [1.165, 1.54) is 6.07 Å². The number of halogens is 1. The Balaban J connectivity index is 2.24. The normalized spacial score (nSPS) is 18.7. The molecule has 1 aliphatic rings. The maximum absolute atomic E-state index is 12.4. The molecule has 2 atom stereocenters. The summed E-state index contributed by atoms with van der Waals surface area (Å²) in [5.74, 6) is -1.53. The van der Waals surface area contributed by atoms with Crippen LogP contribution in [0.5, 0.6) is 0 Å². The second kappa shape index (κ2) is 5.29. The van der Waals surface area contributed by atoms with Crippen LogP contribution in [0.1, 0.15) is 31.0 Å². The van der Waals surface area contributed by atoms with Crippen molar-refractivity contribution in [2.24, 2.45) is 5.92 Å². The van der Waals surface area contributed by atoms with E-state index in [1.807, 2.05) is 13.0 Å². The number of carboxylic acid groups (broad SMARTS) is 1. The van der Waals surface area contributed by atoms with E-state index in [0.29, 0.717) is 22.3 Å². The van der Waals surface area contributed by atoms with E-state index in [2.05, 4.69) is 4.98 Å². The van der Waals surface area contributed by atoms with E-state index in [0.717, 1.165) is 16.8 Å². The first-order chi connectivity index (χ1) is 10.4. The lowest BCUT2D eigenvalue weighted by Crippen LogP contribution is -2.20. The standard InChI is InChI=1S/C17H16ClNO3/c1-8-11(9(2)17(21)22)4-5-12-15(8)16-13(19-12)7-10(18)3-6-14(16)20/h3-4,6-9,19H,5H2,1-2H3,(H,21,22). The van der Waals surface area contributed by atoms with E-state index in [4.69, 9.17) is 11.6 Å². The Morgan fingerprint density at radius 2 is 2.18 bits per heavy atom. The molecule has 0 saturated heterocycles. The van der Waals surface area contributed by atoms with Crippen LogP contribution in [0, 0.1) is 5.92 Å². The highest BCUT2D eigenvalue weighted by atomic mass is 35.5. The van der Waals surface area contributed by atoms with Gasteiger partial charge in [0.25, 0.3) is 0 Å². The van der Waals surface area contributed by atoms with Crippen LogP contribution in [-0.4, -0.2) is 16.1 Å². The Hall–Kier alpha value is -2.07. The average molecular weight is 318 g/mol. The summed E-state index contributed by atoms with van der Waals surface area (Å²) in [6.07, 6.45) is 2.55. The van der Waals surface area contributed by atoms with Crippen molar-refractivity contribution < 1.29 is 9.90 Å². The molecule has 4 nitrogen and oxygen atoms in total. The number of carboxylic acids is 1. The third-order valence-electron chi connectivity index (χ3n) is 4.42. The Labute approximate surface area is 132 Å². The molecule has 1 heterocycles. The number of aromatic amines is 1. The topological polar surface area (TPSA) is 70.2 Å². The minimum atomic E-state index is -0.850. The van der Waals surface area contributed by atoms with Gasteiger partial charge in [-0.2, -0.15) is 0 Å². The van der Waals surface area contributed by atoms with Gasteiger partial charge in [-0.25, -0.2) is 0 Å². The fourth-order valence-corrected chi connectivity index (χ4v) is 3.46. The second-order valence-electron chi connectivity index (χ2n) is 5.72. The fourth-order valence-electron chi connectivity index (χ4n) is 3.28. The van der Waals surface area contributed by atoms with Crippen LogP contribution in [0.25, 0.3) is 10.9 Å². The number of H-pyrrole nitrogens is 1. The molecule has 2 unspecified atom stereocenters. The molecule has 0 aliphatic heterocycles. The van der Waals surface area contributed by atoms with Gasteiger partial charge in [-0.3, -0.25) is 9.59 Å². The van der Waals surface area contributed by atoms with Gasteiger partial charge >= 0.3 is 5.97 Å². The Kier molecular flexibility index (Phi) is 3.57. The van der Waals surface area contributed by atoms with Gasteiger partial charge in [0.2, 0.25) is 0 Å². The fraction of sp³-hybridized carbons (Fsp3) is 0.294. The van der Waals surface area contributed by atoms with E-state index < -0.39 is 11.9 Å². The number of hydrogen-bond acceptors (Lipinski definition) is 2. The van der Waals surface area contributed by atoms with Crippen LogP contribution in [0.2, 0.25) is 5.02 Å². The van der Waals surface area contributed by atoms with Crippen LogP contribution in [-0.2, 0) is 11.2 Å². The molecule has 0 bridgehead atoms. The highest BCUT2D eigenvalue weighted by Gasteiger charge is 2.30. The largest absolute Gasteiger partial charge is 0.481 e. The number of aromatic nitrogens is 1. The zero-order valence-corrected chi connectivity index (χ0v) is 13.1. The van der Waals surface area contributed by atoms with E-state index >= 15 is 0 Å². The van der Waals surface area contributed by atoms with Crippen molar-refractivity contribution in [3.63, 3.8) is 0 Å². The minimum Gasteiger partial charge on any atom is -0.481 e. The smallest absolute Gasteiger partial charge is 0.310 e.